The Balaban J connectivity index is 0.00000642. The molecule has 0 unspecified atom stereocenters. The van der Waals surface area contributed by atoms with Crippen molar-refractivity contribution in [2.24, 2.45) is 0 Å². The van der Waals surface area contributed by atoms with Crippen molar-refractivity contribution in [2.45, 2.75) is 0 Å². The smallest absolute Gasteiger partial charge is 0.200 e. The molecule has 0 amide bonds. The minimum absolute atomic E-state index is 0. The van der Waals surface area contributed by atoms with E-state index in [1.807, 2.05) is 0 Å². The number of nitrogens with one attached hydrogen (secondary N) is 2. The molecule has 4 aromatic carbocycles. The number of aromatic amines is 2. The largest absolute Gasteiger partial charge is 0.354 e. The molecule has 8 bridgehead atoms. The van der Waals surface area contributed by atoms with Crippen molar-refractivity contribution in [1.82, 2.24) is 19.9 Å². The van der Waals surface area contributed by atoms with Crippen LogP contribution in [0, 0.1) is 116 Å². The molecular formula is C44H10F20N4Ni. The molecule has 0 saturated carbocycles. The van der Waals surface area contributed by atoms with Crippen LogP contribution in [0.2, 0.25) is 0 Å². The van der Waals surface area contributed by atoms with Gasteiger partial charge in [-0.05, 0) is 48.6 Å². The third-order valence-electron chi connectivity index (χ3n) is 10.6. The Kier molecular flexibility index (Phi) is 11.8. The molecule has 0 aliphatic carbocycles. The predicted octanol–water partition coefficient (Wildman–Crippen LogP) is 14.1. The first kappa shape index (κ1) is 48.0. The van der Waals surface area contributed by atoms with E-state index in [-0.39, 0.29) is 16.5 Å². The van der Waals surface area contributed by atoms with Crippen LogP contribution in [0.4, 0.5) is 87.8 Å². The maximum atomic E-state index is 15.8. The molecule has 0 atom stereocenters. The van der Waals surface area contributed by atoms with Crippen molar-refractivity contribution >= 4 is 46.4 Å². The zero-order valence-electron chi connectivity index (χ0n) is 32.4. The van der Waals surface area contributed by atoms with Crippen molar-refractivity contribution < 1.29 is 104 Å². The summed E-state index contributed by atoms with van der Waals surface area (Å²) in [6, 6.07) is 2.51. The minimum Gasteiger partial charge on any atom is -0.354 e. The number of H-pyrrole nitrogens is 2. The van der Waals surface area contributed by atoms with E-state index in [9.17, 15) is 52.7 Å². The van der Waals surface area contributed by atoms with Gasteiger partial charge in [0.15, 0.2) is 93.1 Å². The standard InChI is InChI=1S/C44H10F20N4.Ni/c45-25-21(26(46)34(54)41(61)33(25)53)17-9-1-2-10(65-9)18(22-27(47)35(55)42(62)36(56)28(22)48)12-5-6-14(67-12)20(24-31(51)39(59)44(64)40(60)32(24)52)16-8-7-15(68-16)19(13-4-3-11(17)66-13)23-29(49)37(57)43(63)38(58)30(23)50;/h1-8,65,68H;. The number of hydrogen-bond donors (Lipinski definition) is 2. The molecule has 3 aromatic heterocycles. The summed E-state index contributed by atoms with van der Waals surface area (Å²) in [5.41, 5.74) is -20.5. The Morgan fingerprint density at radius 1 is 0.217 bits per heavy atom. The van der Waals surface area contributed by atoms with Crippen molar-refractivity contribution in [1.29, 1.82) is 0 Å². The number of halogens is 20. The normalized spacial score (nSPS) is 12.1. The molecule has 5 heterocycles. The first-order valence-electron chi connectivity index (χ1n) is 18.3. The Bertz CT molecular complexity index is 3120. The average molecular weight is 1030 g/mol. The molecule has 25 heteroatoms. The van der Waals surface area contributed by atoms with Gasteiger partial charge in [-0.1, -0.05) is 0 Å². The number of hydrogen-bond acceptors (Lipinski definition) is 2. The van der Waals surface area contributed by atoms with Crippen LogP contribution in [0.1, 0.15) is 22.8 Å². The second kappa shape index (κ2) is 17.0. The second-order valence-electron chi connectivity index (χ2n) is 14.3. The van der Waals surface area contributed by atoms with Gasteiger partial charge < -0.3 is 9.97 Å². The quantitative estimate of drug-likeness (QED) is 0.0799. The SMILES string of the molecule is Fc1c(F)c(F)c(-c2c3nc(c(-c4c(F)c(F)c(F)c(F)c4F)c4ccc([nH]4)c(-c4c(F)c(F)c(F)c(F)c4F)c4nc(c(-c5c(F)c(F)c(F)c(F)c5F)c5ccc2[nH]5)C=C4)C=C3)c(F)c1F.[Ni]. The van der Waals surface area contributed by atoms with E-state index in [0.717, 1.165) is 0 Å². The van der Waals surface area contributed by atoms with Crippen LogP contribution < -0.4 is 0 Å². The fraction of sp³-hybridized carbons (Fsp3) is 0. The summed E-state index contributed by atoms with van der Waals surface area (Å²) in [6.45, 7) is 0. The van der Waals surface area contributed by atoms with E-state index in [2.05, 4.69) is 19.9 Å². The van der Waals surface area contributed by atoms with Crippen molar-refractivity contribution in [3.05, 3.63) is 163 Å². The second-order valence-corrected chi connectivity index (χ2v) is 14.3. The van der Waals surface area contributed by atoms with Gasteiger partial charge in [-0.3, -0.25) is 0 Å². The summed E-state index contributed by atoms with van der Waals surface area (Å²) in [5.74, 6) is -52.6. The van der Waals surface area contributed by atoms with Crippen LogP contribution in [-0.4, -0.2) is 19.9 Å². The van der Waals surface area contributed by atoms with E-state index in [0.29, 0.717) is 48.6 Å². The van der Waals surface area contributed by atoms with Crippen molar-refractivity contribution in [2.75, 3.05) is 0 Å². The Hall–Kier alpha value is -7.43. The maximum absolute atomic E-state index is 15.8. The van der Waals surface area contributed by atoms with Crippen LogP contribution in [0.15, 0.2) is 24.3 Å². The molecule has 0 fully saturated rings. The molecule has 2 aliphatic rings. The van der Waals surface area contributed by atoms with E-state index >= 15 is 35.1 Å². The summed E-state index contributed by atoms with van der Waals surface area (Å²) in [4.78, 5) is 12.3. The van der Waals surface area contributed by atoms with Crippen LogP contribution in [0.5, 0.6) is 0 Å². The van der Waals surface area contributed by atoms with E-state index in [1.165, 1.54) is 0 Å². The first-order valence-corrected chi connectivity index (χ1v) is 18.3. The first-order chi connectivity index (χ1) is 32.1. The number of fused-ring (bicyclic) bond motifs is 8. The van der Waals surface area contributed by atoms with E-state index in [1.54, 1.807) is 0 Å². The number of benzene rings is 4. The molecular weight excluding hydrogens is 1020 g/mol. The van der Waals surface area contributed by atoms with Gasteiger partial charge in [0.25, 0.3) is 0 Å². The zero-order valence-corrected chi connectivity index (χ0v) is 33.4. The van der Waals surface area contributed by atoms with E-state index in [4.69, 9.17) is 0 Å². The molecule has 2 N–H and O–H groups in total. The van der Waals surface area contributed by atoms with Gasteiger partial charge in [-0.15, -0.1) is 0 Å². The maximum Gasteiger partial charge on any atom is 0.200 e. The van der Waals surface area contributed by atoms with E-state index < -0.39 is 206 Å². The van der Waals surface area contributed by atoms with Gasteiger partial charge in [0.1, 0.15) is 0 Å². The van der Waals surface area contributed by atoms with Gasteiger partial charge in [0.2, 0.25) is 23.3 Å². The molecule has 9 rings (SSSR count). The number of rotatable bonds is 4. The topological polar surface area (TPSA) is 57.4 Å². The number of nitrogens with zero attached hydrogens (tertiary/aromatic N) is 2. The molecule has 0 spiro atoms. The van der Waals surface area contributed by atoms with Crippen LogP contribution in [0.3, 0.4) is 0 Å². The summed E-state index contributed by atoms with van der Waals surface area (Å²) < 4.78 is 303. The van der Waals surface area contributed by atoms with Crippen LogP contribution in [0.25, 0.3) is 90.9 Å². The minimum atomic E-state index is -2.72. The third kappa shape index (κ3) is 6.98. The molecule has 0 saturated heterocycles. The van der Waals surface area contributed by atoms with Crippen LogP contribution >= 0.6 is 0 Å². The molecule has 0 radical (unpaired) electrons. The van der Waals surface area contributed by atoms with Gasteiger partial charge >= 0.3 is 0 Å². The Labute approximate surface area is 377 Å². The summed E-state index contributed by atoms with van der Waals surface area (Å²) in [5, 5.41) is 0. The predicted molar refractivity (Wildman–Crippen MR) is 200 cm³/mol. The van der Waals surface area contributed by atoms with Gasteiger partial charge in [0, 0.05) is 60.8 Å². The summed E-state index contributed by atoms with van der Waals surface area (Å²) >= 11 is 0. The Morgan fingerprint density at radius 3 is 0.522 bits per heavy atom. The number of aromatic nitrogens is 4. The van der Waals surface area contributed by atoms with Gasteiger partial charge in [0.05, 0.1) is 45.0 Å². The van der Waals surface area contributed by atoms with Crippen molar-refractivity contribution in [3.8, 4) is 44.5 Å². The average Bonchev–Trinajstić information content (AvgIpc) is 4.18. The molecule has 2 aliphatic heterocycles. The zero-order chi connectivity index (χ0) is 49.3. The summed E-state index contributed by atoms with van der Waals surface area (Å²) in [7, 11) is 0. The van der Waals surface area contributed by atoms with Gasteiger partial charge in [-0.2, -0.15) is 0 Å². The molecule has 69 heavy (non-hydrogen) atoms. The fourth-order valence-electron chi connectivity index (χ4n) is 7.56. The monoisotopic (exact) mass is 1030 g/mol. The molecule has 7 aromatic rings. The molecule has 356 valence electrons. The Morgan fingerprint density at radius 2 is 0.362 bits per heavy atom. The fourth-order valence-corrected chi connectivity index (χ4v) is 7.56. The molecule has 4 nitrogen and oxygen atoms in total. The van der Waals surface area contributed by atoms with Crippen molar-refractivity contribution in [3.63, 3.8) is 0 Å². The van der Waals surface area contributed by atoms with Crippen LogP contribution in [-0.2, 0) is 16.5 Å². The van der Waals surface area contributed by atoms with Gasteiger partial charge in [-0.25, -0.2) is 97.8 Å². The summed E-state index contributed by atoms with van der Waals surface area (Å²) in [6.07, 6.45) is 2.40. The third-order valence-corrected chi connectivity index (χ3v) is 10.6.